The highest BCUT2D eigenvalue weighted by atomic mass is 35.5. The minimum atomic E-state index is -1.16. The topological polar surface area (TPSA) is 40.1 Å². The summed E-state index contributed by atoms with van der Waals surface area (Å²) in [7, 11) is 0. The molecule has 2 aromatic rings. The lowest BCUT2D eigenvalue weighted by Gasteiger charge is -2.05. The van der Waals surface area contributed by atoms with Crippen LogP contribution in [0.25, 0.3) is 11.1 Å². The van der Waals surface area contributed by atoms with E-state index >= 15 is 0 Å². The van der Waals surface area contributed by atoms with Gasteiger partial charge >= 0.3 is 0 Å². The number of rotatable bonds is 2. The van der Waals surface area contributed by atoms with E-state index in [1.165, 1.54) is 12.1 Å². The van der Waals surface area contributed by atoms with Crippen LogP contribution in [0, 0.1) is 0 Å². The minimum absolute atomic E-state index is 0.178. The van der Waals surface area contributed by atoms with Crippen molar-refractivity contribution in [2.24, 2.45) is 0 Å². The molecule has 2 aromatic carbocycles. The first-order valence-corrected chi connectivity index (χ1v) is 5.12. The van der Waals surface area contributed by atoms with Crippen molar-refractivity contribution < 1.29 is 9.90 Å². The van der Waals surface area contributed by atoms with Crippen molar-refractivity contribution in [2.75, 3.05) is 0 Å². The van der Waals surface area contributed by atoms with Crippen LogP contribution < -0.4 is 5.11 Å². The molecule has 0 radical (unpaired) electrons. The Labute approximate surface area is 98.1 Å². The van der Waals surface area contributed by atoms with Gasteiger partial charge in [0.05, 0.1) is 5.97 Å². The van der Waals surface area contributed by atoms with Crippen LogP contribution in [0.5, 0.6) is 0 Å². The molecule has 0 amide bonds. The van der Waals surface area contributed by atoms with Crippen LogP contribution >= 0.6 is 11.6 Å². The Morgan fingerprint density at radius 1 is 0.875 bits per heavy atom. The molecule has 0 aliphatic carbocycles. The number of aromatic carboxylic acids is 1. The van der Waals surface area contributed by atoms with Crippen molar-refractivity contribution in [3.63, 3.8) is 0 Å². The summed E-state index contributed by atoms with van der Waals surface area (Å²) in [4.78, 5) is 10.6. The highest BCUT2D eigenvalue weighted by Crippen LogP contribution is 2.21. The third kappa shape index (κ3) is 2.23. The van der Waals surface area contributed by atoms with Crippen LogP contribution in [0.3, 0.4) is 0 Å². The average Bonchev–Trinajstić information content (AvgIpc) is 2.30. The second-order valence-corrected chi connectivity index (χ2v) is 3.81. The molecule has 3 heteroatoms. The lowest BCUT2D eigenvalue weighted by Crippen LogP contribution is -2.21. The van der Waals surface area contributed by atoms with Crippen molar-refractivity contribution in [3.05, 3.63) is 59.1 Å². The van der Waals surface area contributed by atoms with Crippen molar-refractivity contribution in [2.45, 2.75) is 0 Å². The molecule has 0 atom stereocenters. The highest BCUT2D eigenvalue weighted by Gasteiger charge is 1.98. The maximum Gasteiger partial charge on any atom is 0.0715 e. The molecular formula is C13H8ClO2-. The predicted octanol–water partition coefficient (Wildman–Crippen LogP) is 2.37. The first-order valence-electron chi connectivity index (χ1n) is 4.74. The van der Waals surface area contributed by atoms with Gasteiger partial charge in [-0.25, -0.2) is 0 Å². The van der Waals surface area contributed by atoms with Gasteiger partial charge in [-0.05, 0) is 28.8 Å². The fourth-order valence-corrected chi connectivity index (χ4v) is 1.57. The normalized spacial score (nSPS) is 10.1. The largest absolute Gasteiger partial charge is 0.545 e. The van der Waals surface area contributed by atoms with Crippen LogP contribution in [-0.4, -0.2) is 5.97 Å². The molecule has 80 valence electrons. The van der Waals surface area contributed by atoms with Crippen LogP contribution in [0.4, 0.5) is 0 Å². The molecule has 0 heterocycles. The van der Waals surface area contributed by atoms with Crippen LogP contribution in [0.1, 0.15) is 10.4 Å². The summed E-state index contributed by atoms with van der Waals surface area (Å²) in [5, 5.41) is 11.2. The fraction of sp³-hybridized carbons (Fsp3) is 0. The van der Waals surface area contributed by atoms with Gasteiger partial charge in [-0.1, -0.05) is 48.0 Å². The molecule has 0 spiro atoms. The van der Waals surface area contributed by atoms with Gasteiger partial charge in [-0.15, -0.1) is 0 Å². The molecule has 0 unspecified atom stereocenters. The smallest absolute Gasteiger partial charge is 0.0715 e. The van der Waals surface area contributed by atoms with Crippen molar-refractivity contribution in [1.29, 1.82) is 0 Å². The Bertz CT molecular complexity index is 500. The summed E-state index contributed by atoms with van der Waals surface area (Å²) >= 11 is 5.78. The monoisotopic (exact) mass is 231 g/mol. The Hall–Kier alpha value is -1.80. The second-order valence-electron chi connectivity index (χ2n) is 3.37. The second kappa shape index (κ2) is 4.37. The van der Waals surface area contributed by atoms with Crippen LogP contribution in [0.15, 0.2) is 48.5 Å². The molecule has 0 aliphatic rings. The van der Waals surface area contributed by atoms with E-state index in [0.29, 0.717) is 5.02 Å². The quantitative estimate of drug-likeness (QED) is 0.796. The van der Waals surface area contributed by atoms with E-state index in [0.717, 1.165) is 11.1 Å². The molecule has 0 aromatic heterocycles. The van der Waals surface area contributed by atoms with E-state index in [1.54, 1.807) is 24.3 Å². The molecule has 0 saturated carbocycles. The van der Waals surface area contributed by atoms with Gasteiger partial charge in [-0.3, -0.25) is 0 Å². The minimum Gasteiger partial charge on any atom is -0.545 e. The van der Waals surface area contributed by atoms with Crippen molar-refractivity contribution in [3.8, 4) is 11.1 Å². The number of halogens is 1. The first kappa shape index (κ1) is 10.7. The van der Waals surface area contributed by atoms with Crippen LogP contribution in [-0.2, 0) is 0 Å². The number of carboxylic acids is 1. The van der Waals surface area contributed by atoms with Gasteiger partial charge < -0.3 is 9.90 Å². The number of carboxylic acid groups (broad SMARTS) is 1. The van der Waals surface area contributed by atoms with Gasteiger partial charge in [0.25, 0.3) is 0 Å². The zero-order valence-corrected chi connectivity index (χ0v) is 9.07. The summed E-state index contributed by atoms with van der Waals surface area (Å²) in [5.41, 5.74) is 2.12. The van der Waals surface area contributed by atoms with E-state index in [1.807, 2.05) is 12.1 Å². The summed E-state index contributed by atoms with van der Waals surface area (Å²) in [6, 6.07) is 13.9. The Kier molecular flexibility index (Phi) is 2.93. The summed E-state index contributed by atoms with van der Waals surface area (Å²) in [5.74, 6) is -1.16. The molecule has 0 aliphatic heterocycles. The van der Waals surface area contributed by atoms with Gasteiger partial charge in [0, 0.05) is 5.02 Å². The fourth-order valence-electron chi connectivity index (χ4n) is 1.44. The maximum absolute atomic E-state index is 10.6. The molecule has 0 fully saturated rings. The Balaban J connectivity index is 2.34. The van der Waals surface area contributed by atoms with E-state index < -0.39 is 5.97 Å². The SMILES string of the molecule is O=C([O-])c1ccc(-c2ccc(Cl)cc2)cc1. The molecule has 2 rings (SSSR count). The Morgan fingerprint density at radius 2 is 1.31 bits per heavy atom. The third-order valence-corrected chi connectivity index (χ3v) is 2.55. The molecular weight excluding hydrogens is 224 g/mol. The van der Waals surface area contributed by atoms with Crippen molar-refractivity contribution >= 4 is 17.6 Å². The molecule has 0 saturated heterocycles. The zero-order valence-electron chi connectivity index (χ0n) is 8.31. The average molecular weight is 232 g/mol. The number of carbonyl (C=O) groups excluding carboxylic acids is 1. The molecule has 0 bridgehead atoms. The first-order chi connectivity index (χ1) is 7.66. The van der Waals surface area contributed by atoms with E-state index in [4.69, 9.17) is 11.6 Å². The summed E-state index contributed by atoms with van der Waals surface area (Å²) in [6.45, 7) is 0. The summed E-state index contributed by atoms with van der Waals surface area (Å²) in [6.07, 6.45) is 0. The summed E-state index contributed by atoms with van der Waals surface area (Å²) < 4.78 is 0. The number of hydrogen-bond acceptors (Lipinski definition) is 2. The molecule has 2 nitrogen and oxygen atoms in total. The van der Waals surface area contributed by atoms with Crippen molar-refractivity contribution in [1.82, 2.24) is 0 Å². The standard InChI is InChI=1S/C13H9ClO2/c14-12-7-5-10(6-8-12)9-1-3-11(4-2-9)13(15)16/h1-8H,(H,15,16)/p-1. The highest BCUT2D eigenvalue weighted by molar-refractivity contribution is 6.30. The molecule has 16 heavy (non-hydrogen) atoms. The van der Waals surface area contributed by atoms with E-state index in [9.17, 15) is 9.90 Å². The number of benzene rings is 2. The Morgan fingerprint density at radius 3 is 1.75 bits per heavy atom. The lowest BCUT2D eigenvalue weighted by molar-refractivity contribution is -0.255. The van der Waals surface area contributed by atoms with Gasteiger partial charge in [0.15, 0.2) is 0 Å². The van der Waals surface area contributed by atoms with E-state index in [-0.39, 0.29) is 5.56 Å². The van der Waals surface area contributed by atoms with Gasteiger partial charge in [-0.2, -0.15) is 0 Å². The lowest BCUT2D eigenvalue weighted by atomic mass is 10.0. The van der Waals surface area contributed by atoms with Gasteiger partial charge in [0.2, 0.25) is 0 Å². The molecule has 0 N–H and O–H groups in total. The van der Waals surface area contributed by atoms with E-state index in [2.05, 4.69) is 0 Å². The maximum atomic E-state index is 10.6. The third-order valence-electron chi connectivity index (χ3n) is 2.30. The van der Waals surface area contributed by atoms with Crippen LogP contribution in [0.2, 0.25) is 5.02 Å². The van der Waals surface area contributed by atoms with Gasteiger partial charge in [0.1, 0.15) is 0 Å². The predicted molar refractivity (Wildman–Crippen MR) is 61.2 cm³/mol. The number of hydrogen-bond donors (Lipinski definition) is 0. The zero-order chi connectivity index (χ0) is 11.5. The number of carbonyl (C=O) groups is 1.